The molecule has 0 spiro atoms. The lowest BCUT2D eigenvalue weighted by molar-refractivity contribution is -0.123. The van der Waals surface area contributed by atoms with Crippen molar-refractivity contribution in [3.05, 3.63) is 83.7 Å². The molecular formula is C27H20Cl2INO6S. The molecule has 0 aromatic heterocycles. The summed E-state index contributed by atoms with van der Waals surface area (Å²) >= 11 is 15.4. The first-order chi connectivity index (χ1) is 18.3. The molecule has 2 aliphatic heterocycles. The van der Waals surface area contributed by atoms with Crippen molar-refractivity contribution in [1.82, 2.24) is 4.90 Å². The molecule has 0 radical (unpaired) electrons. The summed E-state index contributed by atoms with van der Waals surface area (Å²) in [5, 5.41) is 0.672. The molecule has 1 saturated heterocycles. The molecule has 0 N–H and O–H groups in total. The summed E-state index contributed by atoms with van der Waals surface area (Å²) in [5.74, 6) is 1.82. The number of rotatable bonds is 8. The number of amides is 2. The maximum atomic E-state index is 13.2. The van der Waals surface area contributed by atoms with Crippen LogP contribution in [0.25, 0.3) is 6.08 Å². The van der Waals surface area contributed by atoms with Crippen molar-refractivity contribution in [3.8, 4) is 23.0 Å². The number of hydrogen-bond donors (Lipinski definition) is 0. The van der Waals surface area contributed by atoms with Crippen LogP contribution in [0.5, 0.6) is 23.0 Å². The van der Waals surface area contributed by atoms with Crippen LogP contribution >= 0.6 is 57.6 Å². The van der Waals surface area contributed by atoms with Gasteiger partial charge in [-0.3, -0.25) is 14.5 Å². The zero-order valence-corrected chi connectivity index (χ0v) is 24.4. The average Bonchev–Trinajstić information content (AvgIpc) is 3.44. The summed E-state index contributed by atoms with van der Waals surface area (Å²) in [4.78, 5) is 27.4. The molecule has 0 bridgehead atoms. The van der Waals surface area contributed by atoms with Gasteiger partial charge in [-0.15, -0.1) is 0 Å². The van der Waals surface area contributed by atoms with E-state index in [4.69, 9.17) is 42.1 Å². The Morgan fingerprint density at radius 1 is 1.05 bits per heavy atom. The van der Waals surface area contributed by atoms with E-state index in [-0.39, 0.29) is 18.6 Å². The number of fused-ring (bicyclic) bond motifs is 1. The normalized spacial score (nSPS) is 15.5. The van der Waals surface area contributed by atoms with Gasteiger partial charge >= 0.3 is 0 Å². The van der Waals surface area contributed by atoms with Crippen LogP contribution in [-0.4, -0.2) is 29.4 Å². The minimum Gasteiger partial charge on any atom is -0.490 e. The van der Waals surface area contributed by atoms with Crippen LogP contribution in [0.1, 0.15) is 23.6 Å². The predicted molar refractivity (Wildman–Crippen MR) is 155 cm³/mol. The third-order valence-corrected chi connectivity index (χ3v) is 7.98. The maximum absolute atomic E-state index is 13.2. The minimum atomic E-state index is -0.398. The molecule has 3 aromatic rings. The van der Waals surface area contributed by atoms with Crippen molar-refractivity contribution in [2.75, 3.05) is 13.4 Å². The van der Waals surface area contributed by atoms with Crippen molar-refractivity contribution >= 4 is 74.8 Å². The summed E-state index contributed by atoms with van der Waals surface area (Å²) in [7, 11) is 0. The highest BCUT2D eigenvalue weighted by atomic mass is 127. The summed E-state index contributed by atoms with van der Waals surface area (Å²) in [6, 6.07) is 14.4. The van der Waals surface area contributed by atoms with E-state index in [0.29, 0.717) is 62.3 Å². The summed E-state index contributed by atoms with van der Waals surface area (Å²) in [6.45, 7) is 2.79. The fourth-order valence-corrected chi connectivity index (χ4v) is 5.81. The molecule has 1 fully saturated rings. The van der Waals surface area contributed by atoms with Crippen LogP contribution < -0.4 is 18.9 Å². The van der Waals surface area contributed by atoms with Gasteiger partial charge < -0.3 is 18.9 Å². The first-order valence-electron chi connectivity index (χ1n) is 11.5. The lowest BCUT2D eigenvalue weighted by Crippen LogP contribution is -2.27. The zero-order chi connectivity index (χ0) is 26.8. The topological polar surface area (TPSA) is 74.3 Å². The number of ether oxygens (including phenoxy) is 4. The fourth-order valence-electron chi connectivity index (χ4n) is 3.85. The number of halogens is 3. The molecule has 0 atom stereocenters. The van der Waals surface area contributed by atoms with Gasteiger partial charge in [-0.25, -0.2) is 0 Å². The highest BCUT2D eigenvalue weighted by Gasteiger charge is 2.36. The van der Waals surface area contributed by atoms with Gasteiger partial charge in [0, 0.05) is 16.1 Å². The first-order valence-corrected chi connectivity index (χ1v) is 14.1. The largest absolute Gasteiger partial charge is 0.490 e. The van der Waals surface area contributed by atoms with Gasteiger partial charge in [0.05, 0.1) is 21.6 Å². The van der Waals surface area contributed by atoms with E-state index in [2.05, 4.69) is 22.6 Å². The molecule has 196 valence electrons. The van der Waals surface area contributed by atoms with E-state index in [1.54, 1.807) is 24.3 Å². The van der Waals surface area contributed by atoms with Crippen molar-refractivity contribution in [1.29, 1.82) is 0 Å². The van der Waals surface area contributed by atoms with Gasteiger partial charge in [-0.2, -0.15) is 0 Å². The van der Waals surface area contributed by atoms with Gasteiger partial charge in [0.15, 0.2) is 23.0 Å². The Kier molecular flexibility index (Phi) is 8.27. The monoisotopic (exact) mass is 683 g/mol. The molecule has 0 saturated carbocycles. The van der Waals surface area contributed by atoms with Crippen LogP contribution in [0.3, 0.4) is 0 Å². The smallest absolute Gasteiger partial charge is 0.293 e. The van der Waals surface area contributed by atoms with Gasteiger partial charge in [-0.05, 0) is 94.4 Å². The Labute approximate surface area is 247 Å². The van der Waals surface area contributed by atoms with Crippen molar-refractivity contribution < 1.29 is 28.5 Å². The number of imide groups is 1. The summed E-state index contributed by atoms with van der Waals surface area (Å²) in [6.07, 6.45) is 1.68. The molecule has 7 nitrogen and oxygen atoms in total. The quantitative estimate of drug-likeness (QED) is 0.179. The molecule has 38 heavy (non-hydrogen) atoms. The molecule has 2 amide bonds. The Hall–Kier alpha value is -2.60. The maximum Gasteiger partial charge on any atom is 0.293 e. The highest BCUT2D eigenvalue weighted by Crippen LogP contribution is 2.40. The van der Waals surface area contributed by atoms with Crippen LogP contribution in [0.4, 0.5) is 4.79 Å². The van der Waals surface area contributed by atoms with Crippen LogP contribution in [0.2, 0.25) is 10.0 Å². The van der Waals surface area contributed by atoms with Gasteiger partial charge in [0.2, 0.25) is 6.79 Å². The number of carbonyl (C=O) groups excluding carboxylic acids is 2. The molecule has 11 heteroatoms. The fraction of sp³-hybridized carbons (Fsp3) is 0.185. The minimum absolute atomic E-state index is 0.0245. The standard InChI is InChI=1S/C27H20Cl2INO6S/c1-2-34-23-8-16(7-20(30)25(23)35-13-15-3-5-18(28)6-4-15)9-24-26(32)31(27(33)38-24)12-17-10-21-22(11-19(17)29)37-14-36-21/h3-11H,2,12-14H2,1H3/b24-9+. The predicted octanol–water partition coefficient (Wildman–Crippen LogP) is 7.54. The lowest BCUT2D eigenvalue weighted by atomic mass is 10.1. The Morgan fingerprint density at radius 2 is 1.79 bits per heavy atom. The molecule has 0 unspecified atom stereocenters. The lowest BCUT2D eigenvalue weighted by Gasteiger charge is -2.15. The van der Waals surface area contributed by atoms with Crippen LogP contribution in [0.15, 0.2) is 53.4 Å². The molecule has 2 heterocycles. The van der Waals surface area contributed by atoms with Gasteiger partial charge in [-0.1, -0.05) is 35.3 Å². The van der Waals surface area contributed by atoms with Crippen LogP contribution in [0, 0.1) is 3.57 Å². The van der Waals surface area contributed by atoms with E-state index in [1.807, 2.05) is 37.3 Å². The third-order valence-electron chi connectivity index (χ3n) is 5.67. The second-order valence-electron chi connectivity index (χ2n) is 8.24. The SMILES string of the molecule is CCOc1cc(/C=C2/SC(=O)N(Cc3cc4c(cc3Cl)OCO4)C2=O)cc(I)c1OCc1ccc(Cl)cc1. The second kappa shape index (κ2) is 11.6. The number of hydrogen-bond acceptors (Lipinski definition) is 7. The number of carbonyl (C=O) groups is 2. The first kappa shape index (κ1) is 27.0. The van der Waals surface area contributed by atoms with E-state index in [1.165, 1.54) is 0 Å². The van der Waals surface area contributed by atoms with E-state index in [9.17, 15) is 9.59 Å². The second-order valence-corrected chi connectivity index (χ2v) is 11.2. The third kappa shape index (κ3) is 5.85. The Balaban J connectivity index is 1.35. The Morgan fingerprint density at radius 3 is 2.53 bits per heavy atom. The number of benzene rings is 3. The number of nitrogens with zero attached hydrogens (tertiary/aromatic N) is 1. The van der Waals surface area contributed by atoms with Crippen molar-refractivity contribution in [2.24, 2.45) is 0 Å². The summed E-state index contributed by atoms with van der Waals surface area (Å²) < 4.78 is 23.4. The molecular weight excluding hydrogens is 664 g/mol. The molecule has 0 aliphatic carbocycles. The molecule has 3 aromatic carbocycles. The van der Waals surface area contributed by atoms with E-state index >= 15 is 0 Å². The van der Waals surface area contributed by atoms with Crippen molar-refractivity contribution in [2.45, 2.75) is 20.1 Å². The van der Waals surface area contributed by atoms with Crippen LogP contribution in [-0.2, 0) is 17.9 Å². The van der Waals surface area contributed by atoms with E-state index < -0.39 is 5.91 Å². The summed E-state index contributed by atoms with van der Waals surface area (Å²) in [5.41, 5.74) is 2.27. The Bertz CT molecular complexity index is 1450. The zero-order valence-electron chi connectivity index (χ0n) is 20.0. The van der Waals surface area contributed by atoms with E-state index in [0.717, 1.165) is 25.8 Å². The van der Waals surface area contributed by atoms with Crippen molar-refractivity contribution in [3.63, 3.8) is 0 Å². The molecule has 2 aliphatic rings. The van der Waals surface area contributed by atoms with Gasteiger partial charge in [0.25, 0.3) is 11.1 Å². The van der Waals surface area contributed by atoms with Gasteiger partial charge in [0.1, 0.15) is 6.61 Å². The number of thioether (sulfide) groups is 1. The highest BCUT2D eigenvalue weighted by molar-refractivity contribution is 14.1. The average molecular weight is 684 g/mol. The molecule has 5 rings (SSSR count).